The van der Waals surface area contributed by atoms with E-state index in [9.17, 15) is 4.79 Å². The van der Waals surface area contributed by atoms with Gasteiger partial charge in [-0.05, 0) is 24.8 Å². The lowest BCUT2D eigenvalue weighted by molar-refractivity contribution is -0.138. The lowest BCUT2D eigenvalue weighted by atomic mass is 9.94. The van der Waals surface area contributed by atoms with Gasteiger partial charge >= 0.3 is 0 Å². The summed E-state index contributed by atoms with van der Waals surface area (Å²) < 4.78 is 2.00. The SMILES string of the molecule is O=C(C1CNC1)N1CCC(Cn2cccn2)CC1. The largest absolute Gasteiger partial charge is 0.342 e. The Morgan fingerprint density at radius 2 is 2.11 bits per heavy atom. The molecule has 3 heterocycles. The predicted molar refractivity (Wildman–Crippen MR) is 67.9 cm³/mol. The van der Waals surface area contributed by atoms with Gasteiger partial charge in [0.05, 0.1) is 5.92 Å². The fourth-order valence-electron chi connectivity index (χ4n) is 2.73. The number of carbonyl (C=O) groups is 1. The van der Waals surface area contributed by atoms with Crippen LogP contribution in [0.1, 0.15) is 12.8 Å². The summed E-state index contributed by atoms with van der Waals surface area (Å²) in [5, 5.41) is 7.40. The van der Waals surface area contributed by atoms with Gasteiger partial charge in [-0.1, -0.05) is 0 Å². The molecule has 2 aliphatic heterocycles. The normalized spacial score (nSPS) is 21.9. The van der Waals surface area contributed by atoms with Gasteiger partial charge in [0, 0.05) is 45.1 Å². The molecule has 2 aliphatic rings. The van der Waals surface area contributed by atoms with Gasteiger partial charge in [-0.3, -0.25) is 9.48 Å². The molecule has 0 bridgehead atoms. The van der Waals surface area contributed by atoms with Crippen LogP contribution in [-0.4, -0.2) is 46.8 Å². The molecule has 0 spiro atoms. The summed E-state index contributed by atoms with van der Waals surface area (Å²) in [6.07, 6.45) is 6.04. The van der Waals surface area contributed by atoms with Crippen LogP contribution >= 0.6 is 0 Å². The van der Waals surface area contributed by atoms with Crippen LogP contribution in [-0.2, 0) is 11.3 Å². The molecule has 0 unspecified atom stereocenters. The maximum Gasteiger partial charge on any atom is 0.228 e. The minimum absolute atomic E-state index is 0.243. The fraction of sp³-hybridized carbons (Fsp3) is 0.692. The summed E-state index contributed by atoms with van der Waals surface area (Å²) in [7, 11) is 0. The number of hydrogen-bond donors (Lipinski definition) is 1. The number of aromatic nitrogens is 2. The van der Waals surface area contributed by atoms with Gasteiger partial charge in [0.2, 0.25) is 5.91 Å². The number of hydrogen-bond acceptors (Lipinski definition) is 3. The first kappa shape index (κ1) is 11.7. The van der Waals surface area contributed by atoms with Crippen LogP contribution in [0.2, 0.25) is 0 Å². The van der Waals surface area contributed by atoms with Crippen molar-refractivity contribution in [3.05, 3.63) is 18.5 Å². The van der Waals surface area contributed by atoms with Crippen LogP contribution in [0, 0.1) is 11.8 Å². The topological polar surface area (TPSA) is 50.2 Å². The maximum atomic E-state index is 12.1. The van der Waals surface area contributed by atoms with Crippen LogP contribution in [0.15, 0.2) is 18.5 Å². The van der Waals surface area contributed by atoms with Crippen molar-refractivity contribution in [3.8, 4) is 0 Å². The van der Waals surface area contributed by atoms with E-state index in [-0.39, 0.29) is 5.92 Å². The molecular weight excluding hydrogens is 228 g/mol. The van der Waals surface area contributed by atoms with Crippen molar-refractivity contribution in [1.82, 2.24) is 20.0 Å². The summed E-state index contributed by atoms with van der Waals surface area (Å²) in [5.74, 6) is 1.26. The summed E-state index contributed by atoms with van der Waals surface area (Å²) in [5.41, 5.74) is 0. The molecule has 1 N–H and O–H groups in total. The maximum absolute atomic E-state index is 12.1. The quantitative estimate of drug-likeness (QED) is 0.839. The van der Waals surface area contributed by atoms with Crippen molar-refractivity contribution < 1.29 is 4.79 Å². The molecule has 0 atom stereocenters. The van der Waals surface area contributed by atoms with Crippen LogP contribution in [0.25, 0.3) is 0 Å². The lowest BCUT2D eigenvalue weighted by Gasteiger charge is -2.36. The van der Waals surface area contributed by atoms with Gasteiger partial charge in [-0.15, -0.1) is 0 Å². The van der Waals surface area contributed by atoms with E-state index in [1.165, 1.54) is 0 Å². The van der Waals surface area contributed by atoms with Crippen molar-refractivity contribution in [2.75, 3.05) is 26.2 Å². The first-order chi connectivity index (χ1) is 8.83. The van der Waals surface area contributed by atoms with Gasteiger partial charge in [0.25, 0.3) is 0 Å². The predicted octanol–water partition coefficient (Wildman–Crippen LogP) is 0.341. The van der Waals surface area contributed by atoms with Crippen molar-refractivity contribution in [2.45, 2.75) is 19.4 Å². The van der Waals surface area contributed by atoms with Gasteiger partial charge in [-0.25, -0.2) is 0 Å². The summed E-state index contributed by atoms with van der Waals surface area (Å²) in [6, 6.07) is 1.96. The number of likely N-dealkylation sites (tertiary alicyclic amines) is 1. The molecule has 0 radical (unpaired) electrons. The average Bonchev–Trinajstić information content (AvgIpc) is 2.80. The summed E-state index contributed by atoms with van der Waals surface area (Å²) >= 11 is 0. The van der Waals surface area contributed by atoms with Crippen molar-refractivity contribution >= 4 is 5.91 Å². The number of nitrogens with one attached hydrogen (secondary N) is 1. The van der Waals surface area contributed by atoms with E-state index >= 15 is 0 Å². The monoisotopic (exact) mass is 248 g/mol. The third-order valence-electron chi connectivity index (χ3n) is 4.06. The first-order valence-corrected chi connectivity index (χ1v) is 6.80. The molecule has 1 amide bonds. The second-order valence-electron chi connectivity index (χ2n) is 5.35. The lowest BCUT2D eigenvalue weighted by Crippen LogP contribution is -2.53. The molecule has 2 saturated heterocycles. The van der Waals surface area contributed by atoms with Gasteiger partial charge in [0.15, 0.2) is 0 Å². The Bertz CT molecular complexity index is 391. The zero-order chi connectivity index (χ0) is 12.4. The summed E-state index contributed by atoms with van der Waals surface area (Å²) in [6.45, 7) is 4.56. The van der Waals surface area contributed by atoms with E-state index in [1.807, 2.05) is 28.0 Å². The second kappa shape index (κ2) is 5.10. The number of rotatable bonds is 3. The molecule has 2 fully saturated rings. The van der Waals surface area contributed by atoms with Crippen molar-refractivity contribution in [1.29, 1.82) is 0 Å². The standard InChI is InChI=1S/C13H20N4O/c18-13(12-8-14-9-12)16-6-2-11(3-7-16)10-17-5-1-4-15-17/h1,4-5,11-12,14H,2-3,6-10H2. The number of amides is 1. The van der Waals surface area contributed by atoms with Gasteiger partial charge < -0.3 is 10.2 Å². The average molecular weight is 248 g/mol. The minimum atomic E-state index is 0.243. The highest BCUT2D eigenvalue weighted by Gasteiger charge is 2.31. The highest BCUT2D eigenvalue weighted by molar-refractivity contribution is 5.80. The van der Waals surface area contributed by atoms with E-state index in [0.717, 1.165) is 45.6 Å². The fourth-order valence-corrected chi connectivity index (χ4v) is 2.73. The zero-order valence-electron chi connectivity index (χ0n) is 10.6. The van der Waals surface area contributed by atoms with Crippen molar-refractivity contribution in [3.63, 3.8) is 0 Å². The smallest absolute Gasteiger partial charge is 0.228 e. The highest BCUT2D eigenvalue weighted by Crippen LogP contribution is 2.21. The Morgan fingerprint density at radius 3 is 2.67 bits per heavy atom. The van der Waals surface area contributed by atoms with Crippen LogP contribution in [0.3, 0.4) is 0 Å². The van der Waals surface area contributed by atoms with E-state index in [2.05, 4.69) is 10.4 Å². The van der Waals surface area contributed by atoms with E-state index < -0.39 is 0 Å². The van der Waals surface area contributed by atoms with Crippen LogP contribution in [0.5, 0.6) is 0 Å². The zero-order valence-corrected chi connectivity index (χ0v) is 10.6. The Labute approximate surface area is 107 Å². The Hall–Kier alpha value is -1.36. The number of carbonyl (C=O) groups excluding carboxylic acids is 1. The van der Waals surface area contributed by atoms with E-state index in [1.54, 1.807) is 0 Å². The highest BCUT2D eigenvalue weighted by atomic mass is 16.2. The molecule has 1 aromatic heterocycles. The molecule has 5 heteroatoms. The molecular formula is C13H20N4O. The molecule has 3 rings (SSSR count). The molecule has 0 saturated carbocycles. The number of piperidine rings is 1. The molecule has 18 heavy (non-hydrogen) atoms. The molecule has 5 nitrogen and oxygen atoms in total. The number of nitrogens with zero attached hydrogens (tertiary/aromatic N) is 3. The third kappa shape index (κ3) is 2.41. The Balaban J connectivity index is 1.47. The molecule has 0 aromatic carbocycles. The summed E-state index contributed by atoms with van der Waals surface area (Å²) in [4.78, 5) is 14.1. The minimum Gasteiger partial charge on any atom is -0.342 e. The van der Waals surface area contributed by atoms with Crippen molar-refractivity contribution in [2.24, 2.45) is 11.8 Å². The third-order valence-corrected chi connectivity index (χ3v) is 4.06. The second-order valence-corrected chi connectivity index (χ2v) is 5.35. The molecule has 98 valence electrons. The van der Waals surface area contributed by atoms with Crippen LogP contribution < -0.4 is 5.32 Å². The van der Waals surface area contributed by atoms with Crippen LogP contribution in [0.4, 0.5) is 0 Å². The van der Waals surface area contributed by atoms with E-state index in [0.29, 0.717) is 11.8 Å². The molecule has 0 aliphatic carbocycles. The van der Waals surface area contributed by atoms with Gasteiger partial charge in [0.1, 0.15) is 0 Å². The molecule has 1 aromatic rings. The Kier molecular flexibility index (Phi) is 3.32. The Morgan fingerprint density at radius 1 is 1.33 bits per heavy atom. The van der Waals surface area contributed by atoms with Gasteiger partial charge in [-0.2, -0.15) is 5.10 Å². The first-order valence-electron chi connectivity index (χ1n) is 6.80. The van der Waals surface area contributed by atoms with E-state index in [4.69, 9.17) is 0 Å².